The van der Waals surface area contributed by atoms with E-state index in [1.54, 1.807) is 0 Å². The maximum absolute atomic E-state index is 12.7. The minimum Gasteiger partial charge on any atom is -0.492 e. The van der Waals surface area contributed by atoms with Crippen molar-refractivity contribution in [3.05, 3.63) is 89.6 Å². The van der Waals surface area contributed by atoms with Gasteiger partial charge in [-0.1, -0.05) is 36.4 Å². The average Bonchev–Trinajstić information content (AvgIpc) is 3.23. The van der Waals surface area contributed by atoms with Gasteiger partial charge in [-0.3, -0.25) is 9.59 Å². The topological polar surface area (TPSA) is 72.4 Å². The zero-order valence-electron chi connectivity index (χ0n) is 20.8. The van der Waals surface area contributed by atoms with Crippen LogP contribution >= 0.6 is 11.8 Å². The Bertz CT molecular complexity index is 1380. The summed E-state index contributed by atoms with van der Waals surface area (Å²) in [4.78, 5) is 26.3. The Balaban J connectivity index is 1.38. The summed E-state index contributed by atoms with van der Waals surface area (Å²) in [6, 6.07) is 21.3. The Morgan fingerprint density at radius 2 is 1.75 bits per heavy atom. The molecule has 2 N–H and O–H groups in total. The van der Waals surface area contributed by atoms with Gasteiger partial charge in [0.15, 0.2) is 0 Å². The van der Waals surface area contributed by atoms with Gasteiger partial charge in [-0.2, -0.15) is 0 Å². The van der Waals surface area contributed by atoms with Crippen LogP contribution in [0.1, 0.15) is 28.4 Å². The summed E-state index contributed by atoms with van der Waals surface area (Å²) in [5, 5.41) is 7.06. The molecule has 3 aromatic carbocycles. The van der Waals surface area contributed by atoms with Gasteiger partial charge in [0.1, 0.15) is 5.75 Å². The Morgan fingerprint density at radius 1 is 0.972 bits per heavy atom. The van der Waals surface area contributed by atoms with E-state index in [4.69, 9.17) is 4.74 Å². The van der Waals surface area contributed by atoms with E-state index in [9.17, 15) is 9.59 Å². The molecule has 0 spiro atoms. The molecule has 7 heteroatoms. The van der Waals surface area contributed by atoms with E-state index < -0.39 is 0 Å². The molecule has 0 saturated heterocycles. The lowest BCUT2D eigenvalue weighted by Gasteiger charge is -2.11. The van der Waals surface area contributed by atoms with E-state index in [2.05, 4.69) is 33.5 Å². The van der Waals surface area contributed by atoms with Crippen LogP contribution in [0, 0.1) is 13.8 Å². The van der Waals surface area contributed by atoms with Gasteiger partial charge < -0.3 is 19.9 Å². The van der Waals surface area contributed by atoms with Gasteiger partial charge in [-0.05, 0) is 62.2 Å². The molecule has 186 valence electrons. The third kappa shape index (κ3) is 6.10. The van der Waals surface area contributed by atoms with Crippen molar-refractivity contribution in [2.24, 2.45) is 0 Å². The van der Waals surface area contributed by atoms with Gasteiger partial charge in [-0.15, -0.1) is 11.8 Å². The molecule has 0 fully saturated rings. The number of anilines is 1. The molecule has 4 rings (SSSR count). The van der Waals surface area contributed by atoms with Crippen molar-refractivity contribution in [1.29, 1.82) is 0 Å². The summed E-state index contributed by atoms with van der Waals surface area (Å²) in [5.74, 6) is 0.772. The lowest BCUT2D eigenvalue weighted by atomic mass is 10.1. The lowest BCUT2D eigenvalue weighted by Crippen LogP contribution is -2.27. The zero-order valence-corrected chi connectivity index (χ0v) is 21.7. The van der Waals surface area contributed by atoms with E-state index >= 15 is 0 Å². The fourth-order valence-electron chi connectivity index (χ4n) is 3.97. The molecule has 0 radical (unpaired) electrons. The normalized spacial score (nSPS) is 10.9. The van der Waals surface area contributed by atoms with Crippen LogP contribution in [-0.2, 0) is 11.3 Å². The SMILES string of the molecule is CCOc1ccccc1NC(=O)CSc1cn(CCNC(=O)c2ccc(C)c(C)c2)c2ccccc12. The number of hydrogen-bond donors (Lipinski definition) is 2. The Hall–Kier alpha value is -3.71. The zero-order chi connectivity index (χ0) is 25.5. The minimum atomic E-state index is -0.0929. The predicted octanol–water partition coefficient (Wildman–Crippen LogP) is 5.82. The first-order chi connectivity index (χ1) is 17.5. The molecule has 0 bridgehead atoms. The van der Waals surface area contributed by atoms with Gasteiger partial charge in [0.25, 0.3) is 5.91 Å². The third-order valence-electron chi connectivity index (χ3n) is 5.98. The van der Waals surface area contributed by atoms with Crippen LogP contribution in [0.5, 0.6) is 5.75 Å². The molecule has 2 amide bonds. The summed E-state index contributed by atoms with van der Waals surface area (Å²) < 4.78 is 7.73. The van der Waals surface area contributed by atoms with Crippen LogP contribution in [0.3, 0.4) is 0 Å². The molecule has 6 nitrogen and oxygen atoms in total. The standard InChI is InChI=1S/C29H31N3O3S/c1-4-35-26-12-8-6-10-24(26)31-28(33)19-36-27-18-32(25-11-7-5-9-23(25)27)16-15-30-29(34)22-14-13-20(2)21(3)17-22/h5-14,17-18H,4,15-16,19H2,1-3H3,(H,30,34)(H,31,33). The fraction of sp³-hybridized carbons (Fsp3) is 0.241. The van der Waals surface area contributed by atoms with E-state index in [1.807, 2.05) is 75.4 Å². The van der Waals surface area contributed by atoms with Crippen molar-refractivity contribution in [3.63, 3.8) is 0 Å². The molecule has 4 aromatic rings. The Morgan fingerprint density at radius 3 is 2.56 bits per heavy atom. The number of para-hydroxylation sites is 3. The maximum atomic E-state index is 12.7. The molecular formula is C29H31N3O3S. The number of nitrogens with zero attached hydrogens (tertiary/aromatic N) is 1. The largest absolute Gasteiger partial charge is 0.492 e. The molecule has 0 aliphatic carbocycles. The lowest BCUT2D eigenvalue weighted by molar-refractivity contribution is -0.113. The van der Waals surface area contributed by atoms with Gasteiger partial charge in [0.05, 0.1) is 18.0 Å². The van der Waals surface area contributed by atoms with Crippen molar-refractivity contribution in [1.82, 2.24) is 9.88 Å². The van der Waals surface area contributed by atoms with E-state index in [1.165, 1.54) is 17.3 Å². The second kappa shape index (κ2) is 11.8. The number of aryl methyl sites for hydroxylation is 2. The number of rotatable bonds is 10. The minimum absolute atomic E-state index is 0.0758. The second-order valence-electron chi connectivity index (χ2n) is 8.52. The van der Waals surface area contributed by atoms with Gasteiger partial charge >= 0.3 is 0 Å². The van der Waals surface area contributed by atoms with Crippen molar-refractivity contribution in [2.45, 2.75) is 32.2 Å². The molecule has 1 heterocycles. The van der Waals surface area contributed by atoms with Crippen molar-refractivity contribution in [3.8, 4) is 5.75 Å². The molecule has 0 aliphatic heterocycles. The molecular weight excluding hydrogens is 470 g/mol. The van der Waals surface area contributed by atoms with Crippen LogP contribution in [-0.4, -0.2) is 35.3 Å². The molecule has 1 aromatic heterocycles. The van der Waals surface area contributed by atoms with E-state index in [0.29, 0.717) is 36.7 Å². The highest BCUT2D eigenvalue weighted by molar-refractivity contribution is 8.00. The Kier molecular flexibility index (Phi) is 8.33. The first-order valence-corrected chi connectivity index (χ1v) is 13.0. The number of fused-ring (bicyclic) bond motifs is 1. The number of benzene rings is 3. The summed E-state index contributed by atoms with van der Waals surface area (Å²) in [6.45, 7) is 7.63. The number of ether oxygens (including phenoxy) is 1. The first-order valence-electron chi connectivity index (χ1n) is 12.0. The van der Waals surface area contributed by atoms with E-state index in [-0.39, 0.29) is 17.6 Å². The highest BCUT2D eigenvalue weighted by Crippen LogP contribution is 2.30. The summed E-state index contributed by atoms with van der Waals surface area (Å²) >= 11 is 1.50. The third-order valence-corrected chi connectivity index (χ3v) is 7.02. The van der Waals surface area contributed by atoms with Crippen LogP contribution in [0.25, 0.3) is 10.9 Å². The maximum Gasteiger partial charge on any atom is 0.251 e. The second-order valence-corrected chi connectivity index (χ2v) is 9.54. The number of carbonyl (C=O) groups is 2. The average molecular weight is 502 g/mol. The number of thioether (sulfide) groups is 1. The monoisotopic (exact) mass is 501 g/mol. The smallest absolute Gasteiger partial charge is 0.251 e. The highest BCUT2D eigenvalue weighted by Gasteiger charge is 2.13. The number of amides is 2. The van der Waals surface area contributed by atoms with Crippen molar-refractivity contribution in [2.75, 3.05) is 24.2 Å². The van der Waals surface area contributed by atoms with Crippen molar-refractivity contribution >= 4 is 40.2 Å². The molecule has 0 aliphatic rings. The van der Waals surface area contributed by atoms with Crippen LogP contribution in [0.15, 0.2) is 77.8 Å². The van der Waals surface area contributed by atoms with Gasteiger partial charge in [-0.25, -0.2) is 0 Å². The highest BCUT2D eigenvalue weighted by atomic mass is 32.2. The van der Waals surface area contributed by atoms with Crippen molar-refractivity contribution < 1.29 is 14.3 Å². The molecule has 0 atom stereocenters. The quantitative estimate of drug-likeness (QED) is 0.269. The number of carbonyl (C=O) groups excluding carboxylic acids is 2. The Labute approximate surface area is 216 Å². The fourth-order valence-corrected chi connectivity index (χ4v) is 4.86. The number of nitrogens with one attached hydrogen (secondary N) is 2. The summed E-state index contributed by atoms with van der Waals surface area (Å²) in [7, 11) is 0. The predicted molar refractivity (Wildman–Crippen MR) is 147 cm³/mol. The summed E-state index contributed by atoms with van der Waals surface area (Å²) in [6.07, 6.45) is 2.05. The van der Waals surface area contributed by atoms with Crippen LogP contribution in [0.2, 0.25) is 0 Å². The van der Waals surface area contributed by atoms with Crippen LogP contribution in [0.4, 0.5) is 5.69 Å². The summed E-state index contributed by atoms with van der Waals surface area (Å²) in [5.41, 5.74) is 4.69. The first kappa shape index (κ1) is 25.4. The van der Waals surface area contributed by atoms with Crippen LogP contribution < -0.4 is 15.4 Å². The molecule has 0 saturated carbocycles. The van der Waals surface area contributed by atoms with Gasteiger partial charge in [0.2, 0.25) is 5.91 Å². The number of aromatic nitrogens is 1. The van der Waals surface area contributed by atoms with E-state index in [0.717, 1.165) is 21.4 Å². The van der Waals surface area contributed by atoms with Gasteiger partial charge in [0, 0.05) is 40.6 Å². The molecule has 36 heavy (non-hydrogen) atoms. The number of hydrogen-bond acceptors (Lipinski definition) is 4. The molecule has 0 unspecified atom stereocenters.